The Labute approximate surface area is 573 Å². The first-order valence-electron chi connectivity index (χ1n) is 33.9. The minimum Gasteiger partial charge on any atom is -0.445 e. The van der Waals surface area contributed by atoms with Crippen LogP contribution in [0.25, 0.3) is 0 Å². The van der Waals surface area contributed by atoms with Crippen LogP contribution in [0.15, 0.2) is 78.3 Å². The van der Waals surface area contributed by atoms with Gasteiger partial charge in [-0.15, -0.1) is 11.3 Å². The number of benzene rings is 2. The van der Waals surface area contributed by atoms with Crippen LogP contribution in [0.4, 0.5) is 15.3 Å². The van der Waals surface area contributed by atoms with Gasteiger partial charge in [0.05, 0.1) is 42.7 Å². The maximum absolute atomic E-state index is 14.9. The molecule has 9 unspecified atom stereocenters. The lowest BCUT2D eigenvalue weighted by Crippen LogP contribution is -2.62. The van der Waals surface area contributed by atoms with Gasteiger partial charge in [0.2, 0.25) is 41.4 Å². The van der Waals surface area contributed by atoms with Crippen LogP contribution in [0.5, 0.6) is 0 Å². The number of nitrogens with two attached hydrogens (primary N) is 1. The van der Waals surface area contributed by atoms with Crippen LogP contribution in [0, 0.1) is 23.7 Å². The summed E-state index contributed by atoms with van der Waals surface area (Å²) in [5.74, 6) is -5.19. The molecule has 12 amide bonds. The van der Waals surface area contributed by atoms with Gasteiger partial charge in [-0.3, -0.25) is 48.1 Å². The second-order valence-electron chi connectivity index (χ2n) is 26.7. The van der Waals surface area contributed by atoms with E-state index in [1.165, 1.54) is 37.3 Å². The van der Waals surface area contributed by atoms with Crippen LogP contribution in [0.2, 0.25) is 0 Å². The Hall–Kier alpha value is -8.30. The zero-order chi connectivity index (χ0) is 70.9. The predicted octanol–water partition coefficient (Wildman–Crippen LogP) is 6.34. The Morgan fingerprint density at radius 3 is 2.05 bits per heavy atom. The molecule has 3 aromatic rings. The largest absolute Gasteiger partial charge is 0.445 e. The van der Waals surface area contributed by atoms with E-state index in [0.717, 1.165) is 47.6 Å². The minimum absolute atomic E-state index is 0.0183. The summed E-state index contributed by atoms with van der Waals surface area (Å²) in [6.45, 7) is 12.5. The first-order valence-corrected chi connectivity index (χ1v) is 34.8. The SMILES string of the molecule is COC(CC(=O)N1CCCC1C(OC)C(C)C(=O)NC(Cc1ccccc1)c1nccs1)C(C1CCCCC1)N(C)C(=O)C(NC(=O)C(C)(C)NC(=O)OCc1ccc(NC(=O)C(CCCNC(N)=O)NC(=O)C(NC(=O)CCCCCN2C(=O)C=CC2=O)C(C)C)cc1)C(C)C. The van der Waals surface area contributed by atoms with Gasteiger partial charge in [0, 0.05) is 76.7 Å². The highest BCUT2D eigenvalue weighted by atomic mass is 32.1. The fourth-order valence-electron chi connectivity index (χ4n) is 12.8. The van der Waals surface area contributed by atoms with E-state index in [-0.39, 0.29) is 98.7 Å². The number of carbonyl (C=O) groups excluding carboxylic acids is 11. The quantitative estimate of drug-likeness (QED) is 0.0231. The van der Waals surface area contributed by atoms with Gasteiger partial charge in [0.1, 0.15) is 35.3 Å². The zero-order valence-corrected chi connectivity index (χ0v) is 58.7. The van der Waals surface area contributed by atoms with Gasteiger partial charge in [-0.05, 0) is 113 Å². The summed E-state index contributed by atoms with van der Waals surface area (Å²) < 4.78 is 17.9. The molecule has 1 saturated heterocycles. The molecule has 532 valence electrons. The topological polar surface area (TPSA) is 348 Å². The van der Waals surface area contributed by atoms with Crippen LogP contribution >= 0.6 is 11.3 Å². The maximum Gasteiger partial charge on any atom is 0.408 e. The number of nitrogens with one attached hydrogen (secondary N) is 7. The molecule has 1 aromatic heterocycles. The van der Waals surface area contributed by atoms with Crippen molar-refractivity contribution in [3.63, 3.8) is 0 Å². The molecule has 97 heavy (non-hydrogen) atoms. The molecule has 1 saturated carbocycles. The molecule has 0 radical (unpaired) electrons. The number of alkyl carbamates (subject to hydrolysis) is 1. The number of thiazole rings is 1. The lowest BCUT2D eigenvalue weighted by Gasteiger charge is -2.43. The number of urea groups is 1. The van der Waals surface area contributed by atoms with Crippen LogP contribution < -0.4 is 43.0 Å². The van der Waals surface area contributed by atoms with Crippen molar-refractivity contribution in [2.24, 2.45) is 29.4 Å². The van der Waals surface area contributed by atoms with Crippen LogP contribution in [0.3, 0.4) is 0 Å². The second kappa shape index (κ2) is 38.0. The third-order valence-corrected chi connectivity index (χ3v) is 19.2. The molecule has 1 aliphatic carbocycles. The van der Waals surface area contributed by atoms with Crippen molar-refractivity contribution < 1.29 is 67.0 Å². The number of hydrogen-bond acceptors (Lipinski definition) is 16. The van der Waals surface area contributed by atoms with Gasteiger partial charge >= 0.3 is 12.1 Å². The molecule has 2 aliphatic heterocycles. The average Bonchev–Trinajstić information content (AvgIpc) is 1.81. The summed E-state index contributed by atoms with van der Waals surface area (Å²) in [5.41, 5.74) is 5.57. The van der Waals surface area contributed by atoms with E-state index in [1.54, 1.807) is 75.4 Å². The summed E-state index contributed by atoms with van der Waals surface area (Å²) in [5, 5.41) is 22.2. The number of aromatic nitrogens is 1. The summed E-state index contributed by atoms with van der Waals surface area (Å²) in [6.07, 6.45) is 10.2. The lowest BCUT2D eigenvalue weighted by atomic mass is 9.80. The Balaban J connectivity index is 1.02. The van der Waals surface area contributed by atoms with E-state index in [0.29, 0.717) is 56.3 Å². The van der Waals surface area contributed by atoms with E-state index in [2.05, 4.69) is 42.2 Å². The van der Waals surface area contributed by atoms with Gasteiger partial charge in [0.15, 0.2) is 0 Å². The number of methoxy groups -OCH3 is 2. The normalized spacial score (nSPS) is 17.5. The highest BCUT2D eigenvalue weighted by Gasteiger charge is 2.45. The maximum atomic E-state index is 14.9. The minimum atomic E-state index is -1.58. The Bertz CT molecular complexity index is 3140. The molecule has 2 fully saturated rings. The highest BCUT2D eigenvalue weighted by Crippen LogP contribution is 2.35. The number of amides is 12. The summed E-state index contributed by atoms with van der Waals surface area (Å²) in [4.78, 5) is 156. The van der Waals surface area contributed by atoms with Gasteiger partial charge in [-0.1, -0.05) is 103 Å². The van der Waals surface area contributed by atoms with Gasteiger partial charge in [0.25, 0.3) is 11.8 Å². The number of nitrogens with zero attached hydrogens (tertiary/aromatic N) is 4. The lowest BCUT2D eigenvalue weighted by molar-refractivity contribution is -0.148. The number of anilines is 1. The van der Waals surface area contributed by atoms with Gasteiger partial charge in [-0.25, -0.2) is 14.6 Å². The fourth-order valence-corrected chi connectivity index (χ4v) is 13.5. The van der Waals surface area contributed by atoms with E-state index < -0.39 is 89.6 Å². The number of ether oxygens (including phenoxy) is 3. The van der Waals surface area contributed by atoms with Crippen LogP contribution in [0.1, 0.15) is 161 Å². The molecule has 0 spiro atoms. The fraction of sp³-hybridized carbons (Fsp3) is 0.600. The monoisotopic (exact) mass is 1370 g/mol. The van der Waals surface area contributed by atoms with E-state index >= 15 is 0 Å². The van der Waals surface area contributed by atoms with Crippen molar-refractivity contribution >= 4 is 82.3 Å². The first kappa shape index (κ1) is 77.7. The average molecular weight is 1370 g/mol. The number of imide groups is 1. The van der Waals surface area contributed by atoms with Gasteiger partial charge < -0.3 is 67.0 Å². The van der Waals surface area contributed by atoms with Gasteiger partial charge in [-0.2, -0.15) is 0 Å². The Morgan fingerprint density at radius 1 is 0.753 bits per heavy atom. The molecule has 3 aliphatic rings. The van der Waals surface area contributed by atoms with Crippen molar-refractivity contribution in [2.45, 2.75) is 205 Å². The first-order chi connectivity index (χ1) is 46.2. The molecule has 3 heterocycles. The molecule has 2 aromatic carbocycles. The summed E-state index contributed by atoms with van der Waals surface area (Å²) >= 11 is 1.47. The number of likely N-dealkylation sites (N-methyl/N-ethyl adjacent to an activating group) is 1. The Morgan fingerprint density at radius 2 is 1.43 bits per heavy atom. The summed E-state index contributed by atoms with van der Waals surface area (Å²) in [6, 6.07) is 11.0. The van der Waals surface area contributed by atoms with E-state index in [9.17, 15) is 52.7 Å². The smallest absolute Gasteiger partial charge is 0.408 e. The predicted molar refractivity (Wildman–Crippen MR) is 365 cm³/mol. The molecular weight excluding hydrogens is 1260 g/mol. The van der Waals surface area contributed by atoms with E-state index in [4.69, 9.17) is 19.9 Å². The molecule has 9 N–H and O–H groups in total. The number of hydrogen-bond donors (Lipinski definition) is 8. The molecular formula is C70H102N12O14S. The molecule has 0 bridgehead atoms. The Kier molecular flexibility index (Phi) is 30.4. The zero-order valence-electron chi connectivity index (χ0n) is 57.9. The number of carbonyl (C=O) groups is 11. The number of likely N-dealkylation sites (tertiary alicyclic amines) is 1. The van der Waals surface area contributed by atoms with Crippen molar-refractivity contribution in [1.82, 2.24) is 51.6 Å². The number of primary amides is 1. The van der Waals surface area contributed by atoms with E-state index in [1.807, 2.05) is 56.5 Å². The summed E-state index contributed by atoms with van der Waals surface area (Å²) in [7, 11) is 4.80. The third kappa shape index (κ3) is 23.2. The standard InChI is InChI=1S/C70H102N12O14S/c1-43(2)58(77-54(83)28-18-13-19-37-82-55(84)33-34-56(82)85)64(89)75-50(26-20-35-73-68(71)92)63(88)74-49-31-29-47(30-32-49)42-96-69(93)79-70(6,7)67(91)78-59(44(3)4)66(90)80(8)60(48-24-16-12-17-25-48)53(94-9)41-57(86)81-38-21-27-52(81)61(95-10)45(5)62(87)76-51(65-72-36-39-97-65)40-46-22-14-11-15-23-46/h11,14-15,22-23,29-34,36,39,43-45,48,50-53,58-61H,12-13,16-21,24-28,35,37-38,40-42H2,1-10H3,(H,74,88)(H,75,89)(H,76,87)(H,77,83)(H,78,91)(H,79,93)(H3,71,73,92). The molecule has 27 heteroatoms. The van der Waals surface area contributed by atoms with Crippen molar-refractivity contribution in [3.05, 3.63) is 94.5 Å². The molecule has 6 rings (SSSR count). The molecule has 9 atom stereocenters. The van der Waals surface area contributed by atoms with Crippen molar-refractivity contribution in [2.75, 3.05) is 46.2 Å². The third-order valence-electron chi connectivity index (χ3n) is 18.4. The van der Waals surface area contributed by atoms with Crippen molar-refractivity contribution in [3.8, 4) is 0 Å². The second-order valence-corrected chi connectivity index (χ2v) is 27.6. The van der Waals surface area contributed by atoms with Crippen LogP contribution in [-0.4, -0.2) is 174 Å². The number of unbranched alkanes of at least 4 members (excludes halogenated alkanes) is 2. The van der Waals surface area contributed by atoms with Crippen LogP contribution in [-0.2, 0) is 70.4 Å². The highest BCUT2D eigenvalue weighted by molar-refractivity contribution is 7.09. The molecule has 26 nitrogen and oxygen atoms in total. The number of rotatable bonds is 37. The van der Waals surface area contributed by atoms with Crippen molar-refractivity contribution in [1.29, 1.82) is 0 Å².